The maximum atomic E-state index is 14.0. The zero-order valence-electron chi connectivity index (χ0n) is 21.0. The first-order valence-electron chi connectivity index (χ1n) is 12.8. The number of amides is 1. The van der Waals surface area contributed by atoms with E-state index in [1.165, 1.54) is 11.1 Å². The third-order valence-corrected chi connectivity index (χ3v) is 7.18. The van der Waals surface area contributed by atoms with E-state index in [4.69, 9.17) is 4.98 Å². The number of para-hydroxylation sites is 2. The van der Waals surface area contributed by atoms with Crippen LogP contribution in [0.3, 0.4) is 0 Å². The minimum atomic E-state index is 0.0231. The highest BCUT2D eigenvalue weighted by Gasteiger charge is 2.34. The molecule has 1 saturated heterocycles. The van der Waals surface area contributed by atoms with E-state index in [0.29, 0.717) is 6.04 Å². The quantitative estimate of drug-likeness (QED) is 0.378. The molecule has 2 aromatic carbocycles. The molecule has 3 aromatic rings. The molecule has 1 aliphatic rings. The maximum absolute atomic E-state index is 14.0. The van der Waals surface area contributed by atoms with E-state index in [1.54, 1.807) is 0 Å². The van der Waals surface area contributed by atoms with Crippen LogP contribution in [-0.4, -0.2) is 26.9 Å². The number of aromatic nitrogens is 2. The maximum Gasteiger partial charge on any atom is 0.255 e. The zero-order valence-corrected chi connectivity index (χ0v) is 21.0. The fourth-order valence-corrected chi connectivity index (χ4v) is 5.85. The molecule has 1 unspecified atom stereocenters. The second-order valence-electron chi connectivity index (χ2n) is 9.84. The molecule has 1 amide bonds. The molecular weight excluding hydrogens is 406 g/mol. The molecule has 1 aliphatic heterocycles. The number of hydrogen-bond acceptors (Lipinski definition) is 2. The van der Waals surface area contributed by atoms with Crippen LogP contribution in [-0.2, 0) is 0 Å². The van der Waals surface area contributed by atoms with E-state index in [1.807, 2.05) is 0 Å². The van der Waals surface area contributed by atoms with E-state index in [9.17, 15) is 4.79 Å². The Balaban J connectivity index is 1.82. The van der Waals surface area contributed by atoms with Crippen molar-refractivity contribution in [3.05, 3.63) is 64.5 Å². The van der Waals surface area contributed by atoms with Gasteiger partial charge in [-0.3, -0.25) is 4.79 Å². The average Bonchev–Trinajstić information content (AvgIpc) is 3.17. The first kappa shape index (κ1) is 23.5. The summed E-state index contributed by atoms with van der Waals surface area (Å²) < 4.78 is 2.49. The summed E-state index contributed by atoms with van der Waals surface area (Å²) in [5.74, 6) is 1.24. The number of likely N-dealkylation sites (tertiary alicyclic amines) is 1. The van der Waals surface area contributed by atoms with Gasteiger partial charge in [-0.05, 0) is 76.1 Å². The van der Waals surface area contributed by atoms with Gasteiger partial charge in [-0.2, -0.15) is 0 Å². The van der Waals surface area contributed by atoms with Gasteiger partial charge in [-0.15, -0.1) is 0 Å². The summed E-state index contributed by atoms with van der Waals surface area (Å²) in [5.41, 5.74) is 6.48. The molecule has 4 rings (SSSR count). The minimum Gasteiger partial charge on any atom is -0.328 e. The molecule has 1 fully saturated rings. The van der Waals surface area contributed by atoms with Crippen LogP contribution in [0, 0.1) is 20.8 Å². The van der Waals surface area contributed by atoms with Crippen molar-refractivity contribution in [2.75, 3.05) is 6.54 Å². The smallest absolute Gasteiger partial charge is 0.255 e. The van der Waals surface area contributed by atoms with Gasteiger partial charge >= 0.3 is 0 Å². The summed E-state index contributed by atoms with van der Waals surface area (Å²) in [7, 11) is 0. The summed E-state index contributed by atoms with van der Waals surface area (Å²) in [5, 5.41) is 0. The third-order valence-electron chi connectivity index (χ3n) is 7.18. The van der Waals surface area contributed by atoms with Gasteiger partial charge in [0.1, 0.15) is 5.82 Å². The van der Waals surface area contributed by atoms with Gasteiger partial charge in [-0.1, -0.05) is 56.5 Å². The molecule has 2 heterocycles. The van der Waals surface area contributed by atoms with Gasteiger partial charge in [0.2, 0.25) is 0 Å². The molecule has 1 atom stereocenters. The fraction of sp³-hybridized carbons (Fsp3) is 0.517. The van der Waals surface area contributed by atoms with Crippen LogP contribution < -0.4 is 0 Å². The van der Waals surface area contributed by atoms with E-state index < -0.39 is 0 Å². The van der Waals surface area contributed by atoms with Crippen LogP contribution >= 0.6 is 0 Å². The second-order valence-corrected chi connectivity index (χ2v) is 9.84. The normalized spacial score (nSPS) is 16.7. The number of carbonyl (C=O) groups excluding carboxylic acids is 1. The van der Waals surface area contributed by atoms with Gasteiger partial charge in [0.25, 0.3) is 5.91 Å². The van der Waals surface area contributed by atoms with Crippen LogP contribution in [0.5, 0.6) is 0 Å². The van der Waals surface area contributed by atoms with Crippen LogP contribution in [0.2, 0.25) is 0 Å². The predicted octanol–water partition coefficient (Wildman–Crippen LogP) is 7.47. The Morgan fingerprint density at radius 1 is 1.03 bits per heavy atom. The average molecular weight is 446 g/mol. The molecule has 33 heavy (non-hydrogen) atoms. The largest absolute Gasteiger partial charge is 0.328 e. The number of rotatable bonds is 7. The Bertz CT molecular complexity index is 1100. The lowest BCUT2D eigenvalue weighted by Gasteiger charge is -2.37. The highest BCUT2D eigenvalue weighted by molar-refractivity contribution is 5.97. The molecular formula is C29H39N3O. The fourth-order valence-electron chi connectivity index (χ4n) is 5.85. The SMILES string of the molecule is CCCC(CCC)n1c(C2CCCCN2C(=O)c2c(C)cc(C)cc2C)nc2ccccc21. The van der Waals surface area contributed by atoms with Crippen LogP contribution in [0.1, 0.15) is 104 Å². The number of nitrogens with zero attached hydrogens (tertiary/aromatic N) is 3. The summed E-state index contributed by atoms with van der Waals surface area (Å²) in [6.07, 6.45) is 7.73. The lowest BCUT2D eigenvalue weighted by Crippen LogP contribution is -2.40. The highest BCUT2D eigenvalue weighted by Crippen LogP contribution is 2.37. The number of hydrogen-bond donors (Lipinski definition) is 0. The Kier molecular flexibility index (Phi) is 7.21. The number of fused-ring (bicyclic) bond motifs is 1. The minimum absolute atomic E-state index is 0.0231. The number of imidazole rings is 1. The lowest BCUT2D eigenvalue weighted by atomic mass is 9.95. The summed E-state index contributed by atoms with van der Waals surface area (Å²) in [6, 6.07) is 13.2. The molecule has 1 aromatic heterocycles. The number of carbonyl (C=O) groups is 1. The van der Waals surface area contributed by atoms with E-state index in [2.05, 4.69) is 80.5 Å². The molecule has 0 N–H and O–H groups in total. The van der Waals surface area contributed by atoms with Crippen molar-refractivity contribution in [2.24, 2.45) is 0 Å². The van der Waals surface area contributed by atoms with Gasteiger partial charge in [-0.25, -0.2) is 4.98 Å². The summed E-state index contributed by atoms with van der Waals surface area (Å²) >= 11 is 0. The number of piperidine rings is 1. The molecule has 4 nitrogen and oxygen atoms in total. The monoisotopic (exact) mass is 445 g/mol. The summed E-state index contributed by atoms with van der Waals surface area (Å²) in [6.45, 7) is 11.6. The van der Waals surface area contributed by atoms with Crippen molar-refractivity contribution in [3.63, 3.8) is 0 Å². The molecule has 0 radical (unpaired) electrons. The van der Waals surface area contributed by atoms with Crippen LogP contribution in [0.4, 0.5) is 0 Å². The van der Waals surface area contributed by atoms with Gasteiger partial charge in [0, 0.05) is 18.2 Å². The van der Waals surface area contributed by atoms with Crippen molar-refractivity contribution in [2.45, 2.75) is 91.6 Å². The second kappa shape index (κ2) is 10.1. The van der Waals surface area contributed by atoms with E-state index in [-0.39, 0.29) is 11.9 Å². The summed E-state index contributed by atoms with van der Waals surface area (Å²) in [4.78, 5) is 21.3. The van der Waals surface area contributed by atoms with Crippen LogP contribution in [0.15, 0.2) is 36.4 Å². The predicted molar refractivity (Wildman–Crippen MR) is 137 cm³/mol. The third kappa shape index (κ3) is 4.58. The standard InChI is InChI=1S/C29H39N3O/c1-6-12-23(13-7-2)32-25-15-9-8-14-24(25)30-28(32)26-16-10-11-17-31(26)29(33)27-21(4)18-20(3)19-22(27)5/h8-9,14-15,18-19,23,26H,6-7,10-13,16-17H2,1-5H3. The molecule has 0 aliphatic carbocycles. The molecule has 0 spiro atoms. The number of aryl methyl sites for hydroxylation is 3. The van der Waals surface area contributed by atoms with Gasteiger partial charge in [0.15, 0.2) is 0 Å². The zero-order chi connectivity index (χ0) is 23.5. The molecule has 0 bridgehead atoms. The first-order valence-corrected chi connectivity index (χ1v) is 12.8. The van der Waals surface area contributed by atoms with E-state index >= 15 is 0 Å². The Labute approximate surface area is 199 Å². The van der Waals surface area contributed by atoms with Crippen molar-refractivity contribution in [3.8, 4) is 0 Å². The lowest BCUT2D eigenvalue weighted by molar-refractivity contribution is 0.0591. The number of benzene rings is 2. The Morgan fingerprint density at radius 3 is 2.36 bits per heavy atom. The molecule has 0 saturated carbocycles. The topological polar surface area (TPSA) is 38.1 Å². The Morgan fingerprint density at radius 2 is 1.70 bits per heavy atom. The molecule has 176 valence electrons. The van der Waals surface area contributed by atoms with Crippen molar-refractivity contribution in [1.29, 1.82) is 0 Å². The van der Waals surface area contributed by atoms with Crippen molar-refractivity contribution >= 4 is 16.9 Å². The van der Waals surface area contributed by atoms with Crippen LogP contribution in [0.25, 0.3) is 11.0 Å². The van der Waals surface area contributed by atoms with Gasteiger partial charge < -0.3 is 9.47 Å². The Hall–Kier alpha value is -2.62. The molecule has 4 heteroatoms. The van der Waals surface area contributed by atoms with E-state index in [0.717, 1.165) is 79.5 Å². The first-order chi connectivity index (χ1) is 16.0. The van der Waals surface area contributed by atoms with Crippen molar-refractivity contribution < 1.29 is 4.79 Å². The van der Waals surface area contributed by atoms with Gasteiger partial charge in [0.05, 0.1) is 17.1 Å². The van der Waals surface area contributed by atoms with Crippen molar-refractivity contribution in [1.82, 2.24) is 14.5 Å². The highest BCUT2D eigenvalue weighted by atomic mass is 16.2.